The molecule has 1 aliphatic heterocycles. The van der Waals surface area contributed by atoms with E-state index < -0.39 is 0 Å². The van der Waals surface area contributed by atoms with Gasteiger partial charge in [-0.3, -0.25) is 9.78 Å². The Hall–Kier alpha value is -3.06. The third-order valence-corrected chi connectivity index (χ3v) is 4.93. The first-order chi connectivity index (χ1) is 13.1. The van der Waals surface area contributed by atoms with Gasteiger partial charge in [-0.1, -0.05) is 0 Å². The van der Waals surface area contributed by atoms with Crippen molar-refractivity contribution in [2.45, 2.75) is 33.1 Å². The topological polar surface area (TPSA) is 68.6 Å². The summed E-state index contributed by atoms with van der Waals surface area (Å²) in [6.45, 7) is 5.15. The molecule has 1 aromatic carbocycles. The molecule has 6 nitrogen and oxygen atoms in total. The Morgan fingerprint density at radius 2 is 2.07 bits per heavy atom. The fraction of sp³-hybridized carbons (Fsp3) is 0.250. The number of halogens is 1. The second-order valence-corrected chi connectivity index (χ2v) is 6.92. The maximum atomic E-state index is 13.5. The van der Waals surface area contributed by atoms with Crippen molar-refractivity contribution >= 4 is 11.0 Å². The van der Waals surface area contributed by atoms with E-state index in [1.54, 1.807) is 18.3 Å². The van der Waals surface area contributed by atoms with Crippen molar-refractivity contribution in [2.75, 3.05) is 0 Å². The van der Waals surface area contributed by atoms with E-state index in [0.29, 0.717) is 13.2 Å². The molecule has 1 unspecified atom stereocenters. The number of hydrogen-bond acceptors (Lipinski definition) is 4. The number of benzene rings is 1. The van der Waals surface area contributed by atoms with Crippen molar-refractivity contribution in [3.8, 4) is 22.4 Å². The van der Waals surface area contributed by atoms with Crippen molar-refractivity contribution in [3.63, 3.8) is 0 Å². The summed E-state index contributed by atoms with van der Waals surface area (Å²) in [5.74, 6) is -0.266. The number of fused-ring (bicyclic) bond motifs is 2. The van der Waals surface area contributed by atoms with Crippen LogP contribution in [0.3, 0.4) is 0 Å². The molecule has 0 fully saturated rings. The molecule has 0 saturated heterocycles. The lowest BCUT2D eigenvalue weighted by Crippen LogP contribution is -2.25. The largest absolute Gasteiger partial charge is 0.370 e. The van der Waals surface area contributed by atoms with Crippen LogP contribution in [0.25, 0.3) is 33.4 Å². The van der Waals surface area contributed by atoms with Crippen LogP contribution < -0.4 is 0 Å². The average Bonchev–Trinajstić information content (AvgIpc) is 3.25. The smallest absolute Gasteiger partial charge is 0.155 e. The standard InChI is InChI=1S/C20H18FN5O/c1-11-7-15(16-8-22-24-20(16)23-11)18-17-10-27-12(2)9-26(17)25-19(18)13-3-5-14(21)6-4-13/h3-8,12H,9-10H2,1-2H3,(H,22,23,24). The van der Waals surface area contributed by atoms with E-state index in [2.05, 4.69) is 15.2 Å². The minimum absolute atomic E-state index is 0.0967. The van der Waals surface area contributed by atoms with Crippen LogP contribution in [0.5, 0.6) is 0 Å². The predicted octanol–water partition coefficient (Wildman–Crippen LogP) is 3.85. The van der Waals surface area contributed by atoms with Gasteiger partial charge in [-0.15, -0.1) is 0 Å². The molecule has 0 amide bonds. The fourth-order valence-electron chi connectivity index (χ4n) is 3.67. The van der Waals surface area contributed by atoms with E-state index in [0.717, 1.165) is 44.8 Å². The van der Waals surface area contributed by atoms with E-state index in [1.807, 2.05) is 24.6 Å². The van der Waals surface area contributed by atoms with Crippen LogP contribution in [0.15, 0.2) is 36.5 Å². The van der Waals surface area contributed by atoms with Gasteiger partial charge in [-0.05, 0) is 44.2 Å². The SMILES string of the molecule is Cc1cc(-c2c(-c3ccc(F)cc3)nn3c2COC(C)C3)c2cn[nH]c2n1. The molecule has 1 aliphatic rings. The Labute approximate surface area is 155 Å². The van der Waals surface area contributed by atoms with Crippen LogP contribution in [0.1, 0.15) is 18.3 Å². The summed E-state index contributed by atoms with van der Waals surface area (Å²) in [6, 6.07) is 8.49. The molecule has 4 heterocycles. The maximum absolute atomic E-state index is 13.5. The average molecular weight is 363 g/mol. The number of aromatic nitrogens is 5. The third-order valence-electron chi connectivity index (χ3n) is 4.93. The molecule has 136 valence electrons. The van der Waals surface area contributed by atoms with Crippen molar-refractivity contribution in [3.05, 3.63) is 53.7 Å². The fourth-order valence-corrected chi connectivity index (χ4v) is 3.67. The highest BCUT2D eigenvalue weighted by molar-refractivity contribution is 5.97. The summed E-state index contributed by atoms with van der Waals surface area (Å²) < 4.78 is 21.4. The molecule has 1 atom stereocenters. The van der Waals surface area contributed by atoms with Gasteiger partial charge in [0.1, 0.15) is 11.5 Å². The van der Waals surface area contributed by atoms with Crippen molar-refractivity contribution in [1.82, 2.24) is 25.0 Å². The monoisotopic (exact) mass is 363 g/mol. The number of H-pyrrole nitrogens is 1. The van der Waals surface area contributed by atoms with Gasteiger partial charge >= 0.3 is 0 Å². The first-order valence-corrected chi connectivity index (χ1v) is 8.88. The Bertz CT molecular complexity index is 1150. The van der Waals surface area contributed by atoms with E-state index >= 15 is 0 Å². The summed E-state index contributed by atoms with van der Waals surface area (Å²) >= 11 is 0. The lowest BCUT2D eigenvalue weighted by molar-refractivity contribution is 0.0128. The van der Waals surface area contributed by atoms with E-state index in [4.69, 9.17) is 9.84 Å². The molecular formula is C20H18FN5O. The van der Waals surface area contributed by atoms with Crippen LogP contribution in [-0.4, -0.2) is 31.1 Å². The molecule has 0 radical (unpaired) electrons. The lowest BCUT2D eigenvalue weighted by atomic mass is 9.96. The van der Waals surface area contributed by atoms with E-state index in [1.165, 1.54) is 12.1 Å². The summed E-state index contributed by atoms with van der Waals surface area (Å²) in [6.07, 6.45) is 1.88. The zero-order valence-corrected chi connectivity index (χ0v) is 15.0. The van der Waals surface area contributed by atoms with E-state index in [9.17, 15) is 4.39 Å². The first-order valence-electron chi connectivity index (χ1n) is 8.88. The quantitative estimate of drug-likeness (QED) is 0.587. The first kappa shape index (κ1) is 16.1. The van der Waals surface area contributed by atoms with Crippen molar-refractivity contribution < 1.29 is 9.13 Å². The van der Waals surface area contributed by atoms with Gasteiger partial charge < -0.3 is 4.74 Å². The molecule has 1 N–H and O–H groups in total. The van der Waals surface area contributed by atoms with Crippen LogP contribution in [-0.2, 0) is 17.9 Å². The van der Waals surface area contributed by atoms with Gasteiger partial charge in [0.15, 0.2) is 5.65 Å². The molecule has 7 heteroatoms. The number of aryl methyl sites for hydroxylation is 1. The number of aromatic amines is 1. The highest BCUT2D eigenvalue weighted by atomic mass is 19.1. The van der Waals surface area contributed by atoms with Gasteiger partial charge in [0.25, 0.3) is 0 Å². The predicted molar refractivity (Wildman–Crippen MR) is 99.5 cm³/mol. The van der Waals surface area contributed by atoms with Gasteiger partial charge in [-0.2, -0.15) is 10.2 Å². The van der Waals surface area contributed by atoms with E-state index in [-0.39, 0.29) is 11.9 Å². The van der Waals surface area contributed by atoms with Gasteiger partial charge in [0.05, 0.1) is 31.1 Å². The minimum atomic E-state index is -0.266. The summed E-state index contributed by atoms with van der Waals surface area (Å²) in [5.41, 5.74) is 6.32. The van der Waals surface area contributed by atoms with Gasteiger partial charge in [0.2, 0.25) is 0 Å². The number of ether oxygens (including phenoxy) is 1. The molecule has 0 aliphatic carbocycles. The third kappa shape index (κ3) is 2.62. The summed E-state index contributed by atoms with van der Waals surface area (Å²) in [7, 11) is 0. The zero-order chi connectivity index (χ0) is 18.5. The minimum Gasteiger partial charge on any atom is -0.370 e. The molecule has 0 saturated carbocycles. The van der Waals surface area contributed by atoms with Crippen LogP contribution >= 0.6 is 0 Å². The molecule has 0 spiro atoms. The molecule has 27 heavy (non-hydrogen) atoms. The molecule has 3 aromatic heterocycles. The number of pyridine rings is 1. The van der Waals surface area contributed by atoms with Crippen LogP contribution in [0.2, 0.25) is 0 Å². The maximum Gasteiger partial charge on any atom is 0.155 e. The second-order valence-electron chi connectivity index (χ2n) is 6.92. The molecule has 0 bridgehead atoms. The van der Waals surface area contributed by atoms with Crippen LogP contribution in [0, 0.1) is 12.7 Å². The number of nitrogens with zero attached hydrogens (tertiary/aromatic N) is 4. The number of nitrogens with one attached hydrogen (secondary N) is 1. The normalized spacial score (nSPS) is 16.6. The van der Waals surface area contributed by atoms with Crippen molar-refractivity contribution in [1.29, 1.82) is 0 Å². The molecular weight excluding hydrogens is 345 g/mol. The summed E-state index contributed by atoms with van der Waals surface area (Å²) in [4.78, 5) is 4.52. The van der Waals surface area contributed by atoms with Crippen molar-refractivity contribution in [2.24, 2.45) is 0 Å². The van der Waals surface area contributed by atoms with Crippen LogP contribution in [0.4, 0.5) is 4.39 Å². The second kappa shape index (κ2) is 5.99. The number of rotatable bonds is 2. The Morgan fingerprint density at radius 1 is 1.26 bits per heavy atom. The molecule has 4 aromatic rings. The highest BCUT2D eigenvalue weighted by Gasteiger charge is 2.27. The lowest BCUT2D eigenvalue weighted by Gasteiger charge is -2.21. The Morgan fingerprint density at radius 3 is 2.89 bits per heavy atom. The zero-order valence-electron chi connectivity index (χ0n) is 15.0. The Balaban J connectivity index is 1.82. The summed E-state index contributed by atoms with van der Waals surface area (Å²) in [5, 5.41) is 12.9. The highest BCUT2D eigenvalue weighted by Crippen LogP contribution is 2.39. The van der Waals surface area contributed by atoms with Gasteiger partial charge in [-0.25, -0.2) is 9.37 Å². The number of hydrogen-bond donors (Lipinski definition) is 1. The molecule has 5 rings (SSSR count). The Kier molecular flexibility index (Phi) is 3.58. The van der Waals surface area contributed by atoms with Gasteiger partial charge in [0, 0.05) is 27.8 Å².